The molecule has 6 nitrogen and oxygen atoms in total. The van der Waals surface area contributed by atoms with Crippen molar-refractivity contribution >= 4 is 6.03 Å². The van der Waals surface area contributed by atoms with E-state index in [0.29, 0.717) is 11.5 Å². The number of nitrogens with one attached hydrogen (secondary N) is 2. The van der Waals surface area contributed by atoms with Crippen LogP contribution in [-0.4, -0.2) is 54.5 Å². The van der Waals surface area contributed by atoms with Crippen LogP contribution in [0.5, 0.6) is 0 Å². The Morgan fingerprint density at radius 2 is 2.00 bits per heavy atom. The number of hydrogen-bond acceptors (Lipinski definition) is 3. The zero-order valence-electron chi connectivity index (χ0n) is 15.3. The largest absolute Gasteiger partial charge is 0.334 e. The number of aryl methyl sites for hydroxylation is 2. The number of piperidine rings is 1. The summed E-state index contributed by atoms with van der Waals surface area (Å²) in [7, 11) is 4.19. The van der Waals surface area contributed by atoms with Crippen LogP contribution in [0, 0.1) is 19.8 Å². The highest BCUT2D eigenvalue weighted by molar-refractivity contribution is 5.74. The number of rotatable bonds is 5. The predicted octanol–water partition coefficient (Wildman–Crippen LogP) is 1.87. The number of carbonyl (C=O) groups is 1. The number of nitrogens with zero attached hydrogens (tertiary/aromatic N) is 2. The second-order valence-corrected chi connectivity index (χ2v) is 7.12. The molecule has 2 heterocycles. The lowest BCUT2D eigenvalue weighted by molar-refractivity contribution is 0.164. The number of aromatic nitrogens is 1. The van der Waals surface area contributed by atoms with Gasteiger partial charge in [0, 0.05) is 24.3 Å². The first-order chi connectivity index (χ1) is 11.4. The van der Waals surface area contributed by atoms with E-state index in [2.05, 4.69) is 29.3 Å². The van der Waals surface area contributed by atoms with Crippen molar-refractivity contribution < 1.29 is 4.79 Å². The number of urea groups is 1. The molecule has 2 rings (SSSR count). The van der Waals surface area contributed by atoms with Crippen LogP contribution in [0.4, 0.5) is 4.79 Å². The molecular formula is C18H30N4O2. The molecule has 0 bridgehead atoms. The van der Waals surface area contributed by atoms with Crippen molar-refractivity contribution in [1.29, 1.82) is 0 Å². The number of aromatic amines is 1. The molecule has 0 radical (unpaired) electrons. The van der Waals surface area contributed by atoms with Crippen molar-refractivity contribution in [2.75, 3.05) is 33.7 Å². The van der Waals surface area contributed by atoms with Gasteiger partial charge in [0.05, 0.1) is 6.54 Å². The van der Waals surface area contributed by atoms with Gasteiger partial charge in [-0.3, -0.25) is 4.79 Å². The Hall–Kier alpha value is -1.82. The highest BCUT2D eigenvalue weighted by Crippen LogP contribution is 2.20. The van der Waals surface area contributed by atoms with E-state index in [-0.39, 0.29) is 18.1 Å². The molecule has 1 aromatic rings. The predicted molar refractivity (Wildman–Crippen MR) is 96.2 cm³/mol. The molecular weight excluding hydrogens is 304 g/mol. The average Bonchev–Trinajstić information content (AvgIpc) is 2.52. The molecule has 24 heavy (non-hydrogen) atoms. The van der Waals surface area contributed by atoms with Gasteiger partial charge in [-0.25, -0.2) is 4.79 Å². The normalized spacial score (nSPS) is 15.8. The molecule has 1 aliphatic rings. The van der Waals surface area contributed by atoms with Crippen LogP contribution in [-0.2, 0) is 6.54 Å². The van der Waals surface area contributed by atoms with E-state index in [1.807, 2.05) is 24.8 Å². The van der Waals surface area contributed by atoms with Gasteiger partial charge in [0.1, 0.15) is 0 Å². The molecule has 1 aliphatic heterocycles. The van der Waals surface area contributed by atoms with Gasteiger partial charge in [0.2, 0.25) is 0 Å². The molecule has 1 aromatic heterocycles. The van der Waals surface area contributed by atoms with E-state index >= 15 is 0 Å². The molecule has 134 valence electrons. The molecule has 0 saturated carbocycles. The number of pyridine rings is 1. The van der Waals surface area contributed by atoms with Crippen LogP contribution in [0.2, 0.25) is 0 Å². The Labute approximate surface area is 144 Å². The second-order valence-electron chi connectivity index (χ2n) is 7.12. The maximum atomic E-state index is 12.3. The smallest absolute Gasteiger partial charge is 0.317 e. The minimum atomic E-state index is -0.116. The molecule has 0 atom stereocenters. The first-order valence-corrected chi connectivity index (χ1v) is 8.73. The Balaban J connectivity index is 1.81. The molecule has 2 amide bonds. The van der Waals surface area contributed by atoms with Gasteiger partial charge >= 0.3 is 6.03 Å². The van der Waals surface area contributed by atoms with E-state index < -0.39 is 0 Å². The Kier molecular flexibility index (Phi) is 6.43. The number of carbonyl (C=O) groups excluding carboxylic acids is 1. The van der Waals surface area contributed by atoms with Crippen molar-refractivity contribution in [3.05, 3.63) is 33.2 Å². The highest BCUT2D eigenvalue weighted by atomic mass is 16.2. The number of likely N-dealkylation sites (tertiary alicyclic amines) is 1. The second kappa shape index (κ2) is 8.33. The summed E-state index contributed by atoms with van der Waals surface area (Å²) in [5, 5.41) is 2.89. The fourth-order valence-corrected chi connectivity index (χ4v) is 3.24. The third-order valence-electron chi connectivity index (χ3n) is 4.80. The van der Waals surface area contributed by atoms with Crippen molar-refractivity contribution in [2.45, 2.75) is 39.7 Å². The maximum Gasteiger partial charge on any atom is 0.317 e. The molecule has 0 aliphatic carbocycles. The van der Waals surface area contributed by atoms with Gasteiger partial charge in [0.15, 0.2) is 0 Å². The van der Waals surface area contributed by atoms with E-state index in [0.717, 1.165) is 43.7 Å². The van der Waals surface area contributed by atoms with Crippen molar-refractivity contribution in [3.8, 4) is 0 Å². The number of H-pyrrole nitrogens is 1. The third-order valence-corrected chi connectivity index (χ3v) is 4.80. The van der Waals surface area contributed by atoms with Crippen LogP contribution in [0.15, 0.2) is 10.9 Å². The molecule has 2 N–H and O–H groups in total. The van der Waals surface area contributed by atoms with Crippen molar-refractivity contribution in [3.63, 3.8) is 0 Å². The Morgan fingerprint density at radius 1 is 1.33 bits per heavy atom. The minimum Gasteiger partial charge on any atom is -0.334 e. The quantitative estimate of drug-likeness (QED) is 0.864. The molecule has 1 saturated heterocycles. The number of amides is 2. The van der Waals surface area contributed by atoms with Gasteiger partial charge < -0.3 is 20.1 Å². The zero-order chi connectivity index (χ0) is 17.7. The summed E-state index contributed by atoms with van der Waals surface area (Å²) in [6.07, 6.45) is 3.32. The van der Waals surface area contributed by atoms with E-state index in [9.17, 15) is 9.59 Å². The standard InChI is InChI=1S/C18H30N4O2/c1-13-11-14(2)20-17(23)16(13)12-19-18(24)22-9-6-15(7-10-22)5-8-21(3)4/h11,15H,5-10,12H2,1-4H3,(H,19,24)(H,20,23). The SMILES string of the molecule is Cc1cc(C)c(CNC(=O)N2CCC(CCN(C)C)CC2)c(=O)[nH]1. The van der Waals surface area contributed by atoms with Crippen LogP contribution in [0.3, 0.4) is 0 Å². The van der Waals surface area contributed by atoms with Gasteiger partial charge in [-0.2, -0.15) is 0 Å². The average molecular weight is 334 g/mol. The summed E-state index contributed by atoms with van der Waals surface area (Å²) in [5.74, 6) is 0.707. The lowest BCUT2D eigenvalue weighted by Gasteiger charge is -2.32. The fraction of sp³-hybridized carbons (Fsp3) is 0.667. The first-order valence-electron chi connectivity index (χ1n) is 8.73. The number of hydrogen-bond donors (Lipinski definition) is 2. The van der Waals surface area contributed by atoms with Gasteiger partial charge in [-0.05, 0) is 71.3 Å². The topological polar surface area (TPSA) is 68.4 Å². The minimum absolute atomic E-state index is 0.0690. The lowest BCUT2D eigenvalue weighted by Crippen LogP contribution is -2.45. The first kappa shape index (κ1) is 18.5. The summed E-state index contributed by atoms with van der Waals surface area (Å²) in [6.45, 7) is 6.74. The van der Waals surface area contributed by atoms with Gasteiger partial charge in [-0.15, -0.1) is 0 Å². The lowest BCUT2D eigenvalue weighted by atomic mass is 9.93. The Bertz CT molecular complexity index is 616. The van der Waals surface area contributed by atoms with Gasteiger partial charge in [-0.1, -0.05) is 0 Å². The summed E-state index contributed by atoms with van der Waals surface area (Å²) >= 11 is 0. The molecule has 0 spiro atoms. The van der Waals surface area contributed by atoms with Crippen LogP contribution in [0.25, 0.3) is 0 Å². The van der Waals surface area contributed by atoms with Crippen LogP contribution in [0.1, 0.15) is 36.1 Å². The summed E-state index contributed by atoms with van der Waals surface area (Å²) in [6, 6.07) is 1.86. The van der Waals surface area contributed by atoms with Crippen LogP contribution >= 0.6 is 0 Å². The van der Waals surface area contributed by atoms with E-state index in [4.69, 9.17) is 0 Å². The van der Waals surface area contributed by atoms with Gasteiger partial charge in [0.25, 0.3) is 5.56 Å². The molecule has 0 unspecified atom stereocenters. The Morgan fingerprint density at radius 3 is 2.58 bits per heavy atom. The van der Waals surface area contributed by atoms with Crippen molar-refractivity contribution in [1.82, 2.24) is 20.1 Å². The summed E-state index contributed by atoms with van der Waals surface area (Å²) < 4.78 is 0. The molecule has 1 fully saturated rings. The summed E-state index contributed by atoms with van der Waals surface area (Å²) in [4.78, 5) is 31.2. The highest BCUT2D eigenvalue weighted by Gasteiger charge is 2.22. The van der Waals surface area contributed by atoms with E-state index in [1.165, 1.54) is 6.42 Å². The monoisotopic (exact) mass is 334 g/mol. The maximum absolute atomic E-state index is 12.3. The van der Waals surface area contributed by atoms with E-state index in [1.54, 1.807) is 0 Å². The fourth-order valence-electron chi connectivity index (χ4n) is 3.24. The van der Waals surface area contributed by atoms with Crippen LogP contribution < -0.4 is 10.9 Å². The zero-order valence-corrected chi connectivity index (χ0v) is 15.3. The molecule has 6 heteroatoms. The van der Waals surface area contributed by atoms with Crippen molar-refractivity contribution in [2.24, 2.45) is 5.92 Å². The molecule has 0 aromatic carbocycles. The third kappa shape index (κ3) is 5.09. The summed E-state index contributed by atoms with van der Waals surface area (Å²) in [5.41, 5.74) is 2.27.